The molecule has 1 atom stereocenters. The van der Waals surface area contributed by atoms with Crippen molar-refractivity contribution in [3.05, 3.63) is 36.2 Å². The highest BCUT2D eigenvalue weighted by Gasteiger charge is 2.26. The fourth-order valence-electron chi connectivity index (χ4n) is 2.50. The predicted molar refractivity (Wildman–Crippen MR) is 79.6 cm³/mol. The number of hydrogen-bond donors (Lipinski definition) is 1. The Morgan fingerprint density at radius 3 is 2.91 bits per heavy atom. The van der Waals surface area contributed by atoms with Crippen LogP contribution in [0.15, 0.2) is 24.9 Å². The number of ether oxygens (including phenoxy) is 1. The van der Waals surface area contributed by atoms with Crippen molar-refractivity contribution in [1.82, 2.24) is 24.8 Å². The van der Waals surface area contributed by atoms with Gasteiger partial charge in [0.1, 0.15) is 11.8 Å². The maximum Gasteiger partial charge on any atom is 0.316 e. The van der Waals surface area contributed by atoms with E-state index < -0.39 is 0 Å². The van der Waals surface area contributed by atoms with E-state index in [9.17, 15) is 4.79 Å². The highest BCUT2D eigenvalue weighted by molar-refractivity contribution is 5.92. The van der Waals surface area contributed by atoms with E-state index in [0.717, 1.165) is 31.4 Å². The number of piperidine rings is 1. The van der Waals surface area contributed by atoms with E-state index in [4.69, 9.17) is 4.74 Å². The van der Waals surface area contributed by atoms with Gasteiger partial charge in [0.05, 0.1) is 19.1 Å². The van der Waals surface area contributed by atoms with Crippen molar-refractivity contribution in [3.63, 3.8) is 0 Å². The molecule has 2 aromatic heterocycles. The standard InChI is InChI=1S/C15H19N5O2/c1-2-11-6-17-15(18-7-11)22-12-4-3-5-20(9-12)14(21)13-8-16-10-19-13/h6-8,10,12H,2-5,9H2,1H3,(H,16,19). The van der Waals surface area contributed by atoms with Gasteiger partial charge in [-0.2, -0.15) is 0 Å². The molecule has 7 nitrogen and oxygen atoms in total. The number of carbonyl (C=O) groups excluding carboxylic acids is 1. The summed E-state index contributed by atoms with van der Waals surface area (Å²) in [7, 11) is 0. The van der Waals surface area contributed by atoms with Crippen LogP contribution in [0, 0.1) is 0 Å². The normalized spacial score (nSPS) is 18.2. The largest absolute Gasteiger partial charge is 0.458 e. The molecule has 3 heterocycles. The molecule has 2 aromatic rings. The predicted octanol–water partition coefficient (Wildman–Crippen LogP) is 1.45. The minimum atomic E-state index is -0.0758. The molecule has 1 fully saturated rings. The number of nitrogens with one attached hydrogen (secondary N) is 1. The summed E-state index contributed by atoms with van der Waals surface area (Å²) in [5.74, 6) is -0.0481. The fourth-order valence-corrected chi connectivity index (χ4v) is 2.50. The second-order valence-electron chi connectivity index (χ2n) is 5.33. The van der Waals surface area contributed by atoms with Gasteiger partial charge in [-0.25, -0.2) is 15.0 Å². The molecule has 1 N–H and O–H groups in total. The summed E-state index contributed by atoms with van der Waals surface area (Å²) >= 11 is 0. The SMILES string of the molecule is CCc1cnc(OC2CCCN(C(=O)c3cnc[nH]3)C2)nc1. The Labute approximate surface area is 128 Å². The lowest BCUT2D eigenvalue weighted by Crippen LogP contribution is -2.44. The van der Waals surface area contributed by atoms with Gasteiger partial charge in [-0.15, -0.1) is 0 Å². The van der Waals surface area contributed by atoms with E-state index in [1.165, 1.54) is 6.33 Å². The molecule has 7 heteroatoms. The zero-order valence-electron chi connectivity index (χ0n) is 12.5. The summed E-state index contributed by atoms with van der Waals surface area (Å²) in [6, 6.07) is 0.373. The minimum Gasteiger partial charge on any atom is -0.458 e. The third-order valence-corrected chi connectivity index (χ3v) is 3.76. The molecule has 1 aliphatic rings. The Bertz CT molecular complexity index is 611. The highest BCUT2D eigenvalue weighted by atomic mass is 16.5. The molecule has 1 saturated heterocycles. The number of aromatic amines is 1. The molecule has 1 amide bonds. The molecule has 1 unspecified atom stereocenters. The van der Waals surface area contributed by atoms with Crippen molar-refractivity contribution in [1.29, 1.82) is 0 Å². The van der Waals surface area contributed by atoms with Crippen LogP contribution in [0.4, 0.5) is 0 Å². The minimum absolute atomic E-state index is 0.0481. The first-order valence-electron chi connectivity index (χ1n) is 7.51. The van der Waals surface area contributed by atoms with Crippen LogP contribution in [0.25, 0.3) is 0 Å². The maximum absolute atomic E-state index is 12.3. The summed E-state index contributed by atoms with van der Waals surface area (Å²) in [6.07, 6.45) is 9.22. The Morgan fingerprint density at radius 2 is 2.23 bits per heavy atom. The van der Waals surface area contributed by atoms with E-state index in [1.54, 1.807) is 23.5 Å². The van der Waals surface area contributed by atoms with Crippen molar-refractivity contribution in [2.24, 2.45) is 0 Å². The molecule has 0 bridgehead atoms. The van der Waals surface area contributed by atoms with Crippen LogP contribution >= 0.6 is 0 Å². The summed E-state index contributed by atoms with van der Waals surface area (Å²) in [4.78, 5) is 29.2. The Balaban J connectivity index is 1.61. The number of aromatic nitrogens is 4. The summed E-state index contributed by atoms with van der Waals surface area (Å²) < 4.78 is 5.81. The van der Waals surface area contributed by atoms with Crippen molar-refractivity contribution < 1.29 is 9.53 Å². The number of rotatable bonds is 4. The lowest BCUT2D eigenvalue weighted by atomic mass is 10.1. The van der Waals surface area contributed by atoms with E-state index in [0.29, 0.717) is 18.2 Å². The number of aryl methyl sites for hydroxylation is 1. The number of likely N-dealkylation sites (tertiary alicyclic amines) is 1. The van der Waals surface area contributed by atoms with Crippen LogP contribution in [0.1, 0.15) is 35.8 Å². The van der Waals surface area contributed by atoms with Crippen LogP contribution in [-0.4, -0.2) is 49.9 Å². The smallest absolute Gasteiger partial charge is 0.316 e. The van der Waals surface area contributed by atoms with Gasteiger partial charge in [0.15, 0.2) is 0 Å². The summed E-state index contributed by atoms with van der Waals surface area (Å²) in [6.45, 7) is 3.32. The molecule has 22 heavy (non-hydrogen) atoms. The maximum atomic E-state index is 12.3. The van der Waals surface area contributed by atoms with Crippen LogP contribution in [0.3, 0.4) is 0 Å². The number of hydrogen-bond acceptors (Lipinski definition) is 5. The number of nitrogens with zero attached hydrogens (tertiary/aromatic N) is 4. The van der Waals surface area contributed by atoms with Gasteiger partial charge < -0.3 is 14.6 Å². The first-order valence-corrected chi connectivity index (χ1v) is 7.51. The van der Waals surface area contributed by atoms with Crippen LogP contribution < -0.4 is 4.74 Å². The molecule has 0 spiro atoms. The van der Waals surface area contributed by atoms with Crippen molar-refractivity contribution in [2.45, 2.75) is 32.3 Å². The zero-order chi connectivity index (χ0) is 15.4. The second kappa shape index (κ2) is 6.55. The second-order valence-corrected chi connectivity index (χ2v) is 5.33. The molecule has 3 rings (SSSR count). The Kier molecular flexibility index (Phi) is 4.32. The topological polar surface area (TPSA) is 84.0 Å². The number of carbonyl (C=O) groups is 1. The fraction of sp³-hybridized carbons (Fsp3) is 0.467. The molecule has 0 aromatic carbocycles. The Hall–Kier alpha value is -2.44. The van der Waals surface area contributed by atoms with Gasteiger partial charge in [0, 0.05) is 18.9 Å². The van der Waals surface area contributed by atoms with Gasteiger partial charge in [-0.1, -0.05) is 6.92 Å². The quantitative estimate of drug-likeness (QED) is 0.924. The van der Waals surface area contributed by atoms with Crippen molar-refractivity contribution >= 4 is 5.91 Å². The molecule has 0 saturated carbocycles. The van der Waals surface area contributed by atoms with Crippen LogP contribution in [0.5, 0.6) is 6.01 Å². The van der Waals surface area contributed by atoms with E-state index in [-0.39, 0.29) is 12.0 Å². The number of amides is 1. The third kappa shape index (κ3) is 3.24. The average Bonchev–Trinajstić information content (AvgIpc) is 3.09. The van der Waals surface area contributed by atoms with Crippen LogP contribution in [0.2, 0.25) is 0 Å². The van der Waals surface area contributed by atoms with Gasteiger partial charge in [0.2, 0.25) is 0 Å². The lowest BCUT2D eigenvalue weighted by Gasteiger charge is -2.32. The number of H-pyrrole nitrogens is 1. The molecule has 116 valence electrons. The highest BCUT2D eigenvalue weighted by Crippen LogP contribution is 2.17. The van der Waals surface area contributed by atoms with Crippen LogP contribution in [-0.2, 0) is 6.42 Å². The molecular formula is C15H19N5O2. The van der Waals surface area contributed by atoms with E-state index >= 15 is 0 Å². The van der Waals surface area contributed by atoms with E-state index in [1.807, 2.05) is 0 Å². The molecule has 1 aliphatic heterocycles. The van der Waals surface area contributed by atoms with E-state index in [2.05, 4.69) is 26.9 Å². The first kappa shape index (κ1) is 14.5. The molecular weight excluding hydrogens is 282 g/mol. The van der Waals surface area contributed by atoms with Crippen molar-refractivity contribution in [2.75, 3.05) is 13.1 Å². The molecule has 0 aliphatic carbocycles. The molecule has 0 radical (unpaired) electrons. The van der Waals surface area contributed by atoms with Gasteiger partial charge >= 0.3 is 6.01 Å². The van der Waals surface area contributed by atoms with Crippen molar-refractivity contribution in [3.8, 4) is 6.01 Å². The van der Waals surface area contributed by atoms with Gasteiger partial charge in [-0.05, 0) is 24.8 Å². The summed E-state index contributed by atoms with van der Waals surface area (Å²) in [5.41, 5.74) is 1.58. The number of imidazole rings is 1. The van der Waals surface area contributed by atoms with Gasteiger partial charge in [0.25, 0.3) is 5.91 Å². The summed E-state index contributed by atoms with van der Waals surface area (Å²) in [5, 5.41) is 0. The third-order valence-electron chi connectivity index (χ3n) is 3.76. The van der Waals surface area contributed by atoms with Gasteiger partial charge in [-0.3, -0.25) is 4.79 Å². The monoisotopic (exact) mass is 301 g/mol. The zero-order valence-corrected chi connectivity index (χ0v) is 12.5. The Morgan fingerprint density at radius 1 is 1.41 bits per heavy atom. The average molecular weight is 301 g/mol. The lowest BCUT2D eigenvalue weighted by molar-refractivity contribution is 0.0511. The first-order chi connectivity index (χ1) is 10.8.